The third-order valence-corrected chi connectivity index (χ3v) is 2.64. The second kappa shape index (κ2) is 5.42. The van der Waals surface area contributed by atoms with Crippen LogP contribution in [-0.2, 0) is 6.42 Å². The topological polar surface area (TPSA) is 75.0 Å². The molecule has 5 nitrogen and oxygen atoms in total. The van der Waals surface area contributed by atoms with Crippen molar-refractivity contribution < 1.29 is 4.79 Å². The normalized spacial score (nSPS) is 11.6. The fraction of sp³-hybridized carbons (Fsp3) is 0.692. The van der Waals surface area contributed by atoms with Crippen molar-refractivity contribution in [1.29, 1.82) is 0 Å². The maximum absolute atomic E-state index is 12.2. The Kier molecular flexibility index (Phi) is 4.38. The van der Waals surface area contributed by atoms with E-state index in [1.807, 2.05) is 0 Å². The molecule has 0 aromatic carbocycles. The van der Waals surface area contributed by atoms with Gasteiger partial charge in [0, 0.05) is 13.6 Å². The van der Waals surface area contributed by atoms with Crippen LogP contribution in [0.25, 0.3) is 0 Å². The number of aromatic nitrogens is 2. The Balaban J connectivity index is 2.84. The summed E-state index contributed by atoms with van der Waals surface area (Å²) in [7, 11) is 1.78. The van der Waals surface area contributed by atoms with E-state index in [2.05, 4.69) is 37.9 Å². The number of carbonyl (C=O) groups excluding carboxylic acids is 1. The third-order valence-electron chi connectivity index (χ3n) is 2.64. The molecule has 1 aromatic heterocycles. The zero-order valence-electron chi connectivity index (χ0n) is 12.0. The van der Waals surface area contributed by atoms with Gasteiger partial charge in [-0.1, -0.05) is 34.1 Å². The molecule has 0 radical (unpaired) electrons. The Morgan fingerprint density at radius 2 is 2.06 bits per heavy atom. The minimum Gasteiger partial charge on any atom is -0.395 e. The SMILES string of the molecule is CCCc1[nH]nc(C(=O)N(C)CC(C)(C)C)c1N. The molecule has 1 heterocycles. The molecule has 5 heteroatoms. The van der Waals surface area contributed by atoms with Crippen LogP contribution in [0.3, 0.4) is 0 Å². The second-order valence-electron chi connectivity index (χ2n) is 5.94. The highest BCUT2D eigenvalue weighted by atomic mass is 16.2. The Morgan fingerprint density at radius 1 is 1.44 bits per heavy atom. The van der Waals surface area contributed by atoms with Gasteiger partial charge in [0.25, 0.3) is 5.91 Å². The zero-order valence-corrected chi connectivity index (χ0v) is 12.0. The first-order valence-corrected chi connectivity index (χ1v) is 6.34. The summed E-state index contributed by atoms with van der Waals surface area (Å²) in [5.74, 6) is -0.124. The van der Waals surface area contributed by atoms with E-state index in [1.54, 1.807) is 11.9 Å². The lowest BCUT2D eigenvalue weighted by molar-refractivity contribution is 0.0741. The van der Waals surface area contributed by atoms with E-state index in [0.29, 0.717) is 17.9 Å². The number of amides is 1. The zero-order chi connectivity index (χ0) is 13.9. The summed E-state index contributed by atoms with van der Waals surface area (Å²) in [6.07, 6.45) is 1.78. The number of nitrogen functional groups attached to an aromatic ring is 1. The third kappa shape index (κ3) is 3.48. The first kappa shape index (κ1) is 14.5. The van der Waals surface area contributed by atoms with Crippen molar-refractivity contribution in [3.05, 3.63) is 11.4 Å². The Bertz CT molecular complexity index is 417. The molecule has 3 N–H and O–H groups in total. The molecule has 102 valence electrons. The van der Waals surface area contributed by atoms with Crippen LogP contribution in [0.2, 0.25) is 0 Å². The number of hydrogen-bond donors (Lipinski definition) is 2. The van der Waals surface area contributed by atoms with Crippen LogP contribution in [0, 0.1) is 5.41 Å². The van der Waals surface area contributed by atoms with E-state index in [4.69, 9.17) is 5.73 Å². The van der Waals surface area contributed by atoms with Gasteiger partial charge in [-0.05, 0) is 11.8 Å². The van der Waals surface area contributed by atoms with Gasteiger partial charge in [0.15, 0.2) is 5.69 Å². The van der Waals surface area contributed by atoms with Crippen LogP contribution in [0.1, 0.15) is 50.3 Å². The van der Waals surface area contributed by atoms with Gasteiger partial charge in [0.1, 0.15) is 0 Å². The fourth-order valence-corrected chi connectivity index (χ4v) is 1.95. The first-order valence-electron chi connectivity index (χ1n) is 6.34. The van der Waals surface area contributed by atoms with Crippen molar-refractivity contribution in [3.63, 3.8) is 0 Å². The molecule has 18 heavy (non-hydrogen) atoms. The summed E-state index contributed by atoms with van der Waals surface area (Å²) in [6, 6.07) is 0. The standard InChI is InChI=1S/C13H24N4O/c1-6-7-9-10(14)11(16-15-9)12(18)17(5)8-13(2,3)4/h6-8,14H2,1-5H3,(H,15,16). The molecule has 1 amide bonds. The molecule has 0 spiro atoms. The van der Waals surface area contributed by atoms with Gasteiger partial charge < -0.3 is 10.6 Å². The van der Waals surface area contributed by atoms with Gasteiger partial charge in [-0.3, -0.25) is 9.89 Å². The highest BCUT2D eigenvalue weighted by molar-refractivity contribution is 5.97. The van der Waals surface area contributed by atoms with E-state index in [9.17, 15) is 4.79 Å². The van der Waals surface area contributed by atoms with E-state index in [1.165, 1.54) is 0 Å². The molecule has 0 unspecified atom stereocenters. The lowest BCUT2D eigenvalue weighted by Gasteiger charge is -2.26. The summed E-state index contributed by atoms with van der Waals surface area (Å²) in [5.41, 5.74) is 7.69. The fourth-order valence-electron chi connectivity index (χ4n) is 1.95. The van der Waals surface area contributed by atoms with E-state index >= 15 is 0 Å². The van der Waals surface area contributed by atoms with Crippen LogP contribution in [0.4, 0.5) is 5.69 Å². The molecule has 1 aromatic rings. The Labute approximate surface area is 109 Å². The summed E-state index contributed by atoms with van der Waals surface area (Å²) in [6.45, 7) is 9.00. The molecule has 0 aliphatic carbocycles. The maximum atomic E-state index is 12.2. The van der Waals surface area contributed by atoms with E-state index in [0.717, 1.165) is 18.5 Å². The number of rotatable bonds is 4. The predicted molar refractivity (Wildman–Crippen MR) is 73.4 cm³/mol. The van der Waals surface area contributed by atoms with Crippen LogP contribution in [0.15, 0.2) is 0 Å². The van der Waals surface area contributed by atoms with Crippen molar-refractivity contribution in [2.75, 3.05) is 19.3 Å². The average molecular weight is 252 g/mol. The largest absolute Gasteiger partial charge is 0.395 e. The number of aryl methyl sites for hydroxylation is 1. The van der Waals surface area contributed by atoms with Gasteiger partial charge >= 0.3 is 0 Å². The van der Waals surface area contributed by atoms with Crippen LogP contribution < -0.4 is 5.73 Å². The minimum absolute atomic E-state index is 0.0573. The molecule has 0 bridgehead atoms. The van der Waals surface area contributed by atoms with Crippen molar-refractivity contribution in [2.45, 2.75) is 40.5 Å². The van der Waals surface area contributed by atoms with Gasteiger partial charge in [-0.25, -0.2) is 0 Å². The molecular formula is C13H24N4O. The maximum Gasteiger partial charge on any atom is 0.276 e. The Hall–Kier alpha value is -1.52. The lowest BCUT2D eigenvalue weighted by Crippen LogP contribution is -2.35. The number of carbonyl (C=O) groups is 1. The number of H-pyrrole nitrogens is 1. The number of nitrogens with zero attached hydrogens (tertiary/aromatic N) is 2. The molecule has 0 aliphatic rings. The number of hydrogen-bond acceptors (Lipinski definition) is 3. The van der Waals surface area contributed by atoms with Crippen LogP contribution in [-0.4, -0.2) is 34.6 Å². The summed E-state index contributed by atoms with van der Waals surface area (Å²) < 4.78 is 0. The van der Waals surface area contributed by atoms with Crippen molar-refractivity contribution in [3.8, 4) is 0 Å². The molecule has 1 rings (SSSR count). The number of anilines is 1. The lowest BCUT2D eigenvalue weighted by atomic mass is 9.96. The first-order chi connectivity index (χ1) is 8.26. The van der Waals surface area contributed by atoms with Gasteiger partial charge in [-0.2, -0.15) is 5.10 Å². The van der Waals surface area contributed by atoms with Crippen LogP contribution in [0.5, 0.6) is 0 Å². The highest BCUT2D eigenvalue weighted by Crippen LogP contribution is 2.20. The molecule has 0 saturated carbocycles. The van der Waals surface area contributed by atoms with Crippen LogP contribution >= 0.6 is 0 Å². The summed E-state index contributed by atoms with van der Waals surface area (Å²) >= 11 is 0. The van der Waals surface area contributed by atoms with Crippen molar-refractivity contribution >= 4 is 11.6 Å². The molecule has 0 fully saturated rings. The molecule has 0 atom stereocenters. The molecule has 0 aliphatic heterocycles. The predicted octanol–water partition coefficient (Wildman–Crippen LogP) is 2.06. The van der Waals surface area contributed by atoms with Gasteiger partial charge in [0.2, 0.25) is 0 Å². The Morgan fingerprint density at radius 3 is 2.56 bits per heavy atom. The number of aromatic amines is 1. The van der Waals surface area contributed by atoms with Gasteiger partial charge in [-0.15, -0.1) is 0 Å². The molecular weight excluding hydrogens is 228 g/mol. The second-order valence-corrected chi connectivity index (χ2v) is 5.94. The number of nitrogens with two attached hydrogens (primary N) is 1. The monoisotopic (exact) mass is 252 g/mol. The smallest absolute Gasteiger partial charge is 0.276 e. The van der Waals surface area contributed by atoms with Gasteiger partial charge in [0.05, 0.1) is 11.4 Å². The van der Waals surface area contributed by atoms with Crippen molar-refractivity contribution in [2.24, 2.45) is 5.41 Å². The minimum atomic E-state index is -0.124. The summed E-state index contributed by atoms with van der Waals surface area (Å²) in [5, 5.41) is 6.90. The summed E-state index contributed by atoms with van der Waals surface area (Å²) in [4.78, 5) is 13.9. The highest BCUT2D eigenvalue weighted by Gasteiger charge is 2.23. The van der Waals surface area contributed by atoms with Crippen molar-refractivity contribution in [1.82, 2.24) is 15.1 Å². The van der Waals surface area contributed by atoms with E-state index in [-0.39, 0.29) is 11.3 Å². The average Bonchev–Trinajstić information content (AvgIpc) is 2.58. The van der Waals surface area contributed by atoms with E-state index < -0.39 is 0 Å². The quantitative estimate of drug-likeness (QED) is 0.861. The number of nitrogens with one attached hydrogen (secondary N) is 1. The molecule has 0 saturated heterocycles.